The van der Waals surface area contributed by atoms with Crippen molar-refractivity contribution in [3.63, 3.8) is 0 Å². The summed E-state index contributed by atoms with van der Waals surface area (Å²) in [6, 6.07) is 23.8. The number of carbonyl (C=O) groups is 2. The van der Waals surface area contributed by atoms with E-state index in [9.17, 15) is 18.0 Å². The topological polar surface area (TPSA) is 105 Å². The fourth-order valence-corrected chi connectivity index (χ4v) is 7.87. The summed E-state index contributed by atoms with van der Waals surface area (Å²) in [7, 11) is -1.55. The highest BCUT2D eigenvalue weighted by molar-refractivity contribution is 7.92. The third-order valence-corrected chi connectivity index (χ3v) is 10.8. The van der Waals surface area contributed by atoms with Crippen LogP contribution >= 0.6 is 0 Å². The summed E-state index contributed by atoms with van der Waals surface area (Å²) in [5, 5.41) is 3.13. The van der Waals surface area contributed by atoms with E-state index in [0.29, 0.717) is 5.75 Å². The standard InChI is InChI=1S/C39H44FN3O6S/c1-27-20-28(2)22-32(21-27)43(50(46,47)33-18-19-36(48-3)37(24-33)49-4)26-38(44)42(25-30-14-8-11-17-34(30)40)35(23-29-12-6-5-7-13-29)39(45)41-31-15-9-10-16-31/h5-8,11-14,17-22,24,31,35H,9-10,15-16,23,25-26H2,1-4H3,(H,41,45)/t35-/m1/s1. The van der Waals surface area contributed by atoms with Crippen LogP contribution in [0.15, 0.2) is 95.9 Å². The van der Waals surface area contributed by atoms with Crippen LogP contribution in [-0.4, -0.2) is 58.0 Å². The summed E-state index contributed by atoms with van der Waals surface area (Å²) in [5.41, 5.74) is 2.86. The van der Waals surface area contributed by atoms with Crippen LogP contribution in [0.2, 0.25) is 0 Å². The number of sulfonamides is 1. The number of rotatable bonds is 14. The molecule has 1 aliphatic rings. The number of methoxy groups -OCH3 is 2. The number of anilines is 1. The monoisotopic (exact) mass is 701 g/mol. The summed E-state index contributed by atoms with van der Waals surface area (Å²) in [4.78, 5) is 30.1. The van der Waals surface area contributed by atoms with Gasteiger partial charge in [0, 0.05) is 30.6 Å². The molecule has 1 fully saturated rings. The highest BCUT2D eigenvalue weighted by atomic mass is 32.2. The molecule has 9 nitrogen and oxygen atoms in total. The van der Waals surface area contributed by atoms with Gasteiger partial charge in [-0.1, -0.05) is 67.4 Å². The third kappa shape index (κ3) is 8.63. The largest absolute Gasteiger partial charge is 0.493 e. The summed E-state index contributed by atoms with van der Waals surface area (Å²) in [5.74, 6) is -1.03. The Kier molecular flexibility index (Phi) is 11.8. The summed E-state index contributed by atoms with van der Waals surface area (Å²) < 4.78 is 56.1. The molecule has 4 aromatic carbocycles. The lowest BCUT2D eigenvalue weighted by molar-refractivity contribution is -0.140. The van der Waals surface area contributed by atoms with Gasteiger partial charge in [-0.05, 0) is 73.7 Å². The van der Waals surface area contributed by atoms with E-state index in [1.54, 1.807) is 30.3 Å². The van der Waals surface area contributed by atoms with Crippen LogP contribution in [0.5, 0.6) is 11.5 Å². The Morgan fingerprint density at radius 1 is 0.860 bits per heavy atom. The van der Waals surface area contributed by atoms with E-state index in [4.69, 9.17) is 9.47 Å². The first-order chi connectivity index (χ1) is 24.0. The molecule has 1 atom stereocenters. The third-order valence-electron chi connectivity index (χ3n) is 8.99. The van der Waals surface area contributed by atoms with Gasteiger partial charge in [-0.2, -0.15) is 0 Å². The smallest absolute Gasteiger partial charge is 0.264 e. The molecule has 264 valence electrons. The SMILES string of the molecule is COc1ccc(S(=O)(=O)N(CC(=O)N(Cc2ccccc2F)[C@H](Cc2ccccc2)C(=O)NC2CCCC2)c2cc(C)cc(C)c2)cc1OC. The normalized spacial score (nSPS) is 13.8. The molecule has 0 unspecified atom stereocenters. The minimum absolute atomic E-state index is 0.0385. The zero-order valence-corrected chi connectivity index (χ0v) is 29.7. The second kappa shape index (κ2) is 16.2. The molecule has 0 aromatic heterocycles. The highest BCUT2D eigenvalue weighted by Gasteiger charge is 2.36. The van der Waals surface area contributed by atoms with Crippen molar-refractivity contribution in [3.05, 3.63) is 119 Å². The second-order valence-corrected chi connectivity index (χ2v) is 14.5. The molecule has 5 rings (SSSR count). The molecule has 0 radical (unpaired) electrons. The van der Waals surface area contributed by atoms with Crippen LogP contribution in [0, 0.1) is 19.7 Å². The van der Waals surface area contributed by atoms with Crippen LogP contribution in [0.25, 0.3) is 0 Å². The molecule has 4 aromatic rings. The first-order valence-corrected chi connectivity index (χ1v) is 18.1. The molecular formula is C39H44FN3O6S. The minimum Gasteiger partial charge on any atom is -0.493 e. The van der Waals surface area contributed by atoms with E-state index in [1.165, 1.54) is 43.4 Å². The van der Waals surface area contributed by atoms with E-state index in [1.807, 2.05) is 50.2 Å². The first-order valence-electron chi connectivity index (χ1n) is 16.7. The number of amides is 2. The number of nitrogens with zero attached hydrogens (tertiary/aromatic N) is 2. The molecule has 1 aliphatic carbocycles. The minimum atomic E-state index is -4.40. The van der Waals surface area contributed by atoms with Gasteiger partial charge in [0.15, 0.2) is 11.5 Å². The molecule has 0 heterocycles. The second-order valence-electron chi connectivity index (χ2n) is 12.7. The zero-order chi connectivity index (χ0) is 35.8. The van der Waals surface area contributed by atoms with Crippen LogP contribution < -0.4 is 19.1 Å². The maximum Gasteiger partial charge on any atom is 0.264 e. The number of ether oxygens (including phenoxy) is 2. The van der Waals surface area contributed by atoms with Gasteiger partial charge in [-0.15, -0.1) is 0 Å². The fraction of sp³-hybridized carbons (Fsp3) is 0.333. The molecule has 0 saturated heterocycles. The average molecular weight is 702 g/mol. The van der Waals surface area contributed by atoms with Crippen LogP contribution in [0.4, 0.5) is 10.1 Å². The number of aryl methyl sites for hydroxylation is 2. The van der Waals surface area contributed by atoms with Gasteiger partial charge < -0.3 is 19.7 Å². The Morgan fingerprint density at radius 2 is 1.50 bits per heavy atom. The Labute approximate surface area is 294 Å². The quantitative estimate of drug-likeness (QED) is 0.164. The number of hydrogen-bond donors (Lipinski definition) is 1. The number of hydrogen-bond acceptors (Lipinski definition) is 6. The van der Waals surface area contributed by atoms with E-state index < -0.39 is 34.3 Å². The number of nitrogens with one attached hydrogen (secondary N) is 1. The van der Waals surface area contributed by atoms with Crippen molar-refractivity contribution in [3.8, 4) is 11.5 Å². The van der Waals surface area contributed by atoms with Crippen molar-refractivity contribution in [2.75, 3.05) is 25.1 Å². The Balaban J connectivity index is 1.61. The number of carbonyl (C=O) groups excluding carboxylic acids is 2. The number of benzene rings is 4. The molecular weight excluding hydrogens is 658 g/mol. The van der Waals surface area contributed by atoms with Crippen molar-refractivity contribution in [2.24, 2.45) is 0 Å². The highest BCUT2D eigenvalue weighted by Crippen LogP contribution is 2.33. The predicted octanol–water partition coefficient (Wildman–Crippen LogP) is 6.35. The van der Waals surface area contributed by atoms with Gasteiger partial charge in [0.2, 0.25) is 11.8 Å². The molecule has 2 amide bonds. The van der Waals surface area contributed by atoms with Gasteiger partial charge >= 0.3 is 0 Å². The van der Waals surface area contributed by atoms with Crippen molar-refractivity contribution in [1.82, 2.24) is 10.2 Å². The van der Waals surface area contributed by atoms with Gasteiger partial charge in [0.25, 0.3) is 10.0 Å². The van der Waals surface area contributed by atoms with Crippen molar-refractivity contribution >= 4 is 27.5 Å². The van der Waals surface area contributed by atoms with Crippen LogP contribution in [0.1, 0.15) is 47.9 Å². The van der Waals surface area contributed by atoms with Crippen LogP contribution in [-0.2, 0) is 32.6 Å². The fourth-order valence-electron chi connectivity index (χ4n) is 6.46. The summed E-state index contributed by atoms with van der Waals surface area (Å²) in [6.07, 6.45) is 3.78. The van der Waals surface area contributed by atoms with E-state index in [2.05, 4.69) is 5.32 Å². The lowest BCUT2D eigenvalue weighted by atomic mass is 10.0. The molecule has 0 aliphatic heterocycles. The van der Waals surface area contributed by atoms with Gasteiger partial charge in [0.05, 0.1) is 24.8 Å². The first kappa shape index (κ1) is 36.4. The maximum absolute atomic E-state index is 15.2. The molecule has 0 bridgehead atoms. The Bertz CT molecular complexity index is 1890. The van der Waals surface area contributed by atoms with E-state index >= 15 is 4.39 Å². The molecule has 0 spiro atoms. The molecule has 1 saturated carbocycles. The van der Waals surface area contributed by atoms with Gasteiger partial charge in [-0.25, -0.2) is 12.8 Å². The summed E-state index contributed by atoms with van der Waals surface area (Å²) in [6.45, 7) is 2.77. The predicted molar refractivity (Wildman–Crippen MR) is 191 cm³/mol. The lowest BCUT2D eigenvalue weighted by Gasteiger charge is -2.34. The maximum atomic E-state index is 15.2. The van der Waals surface area contributed by atoms with E-state index in [0.717, 1.165) is 46.7 Å². The zero-order valence-electron chi connectivity index (χ0n) is 28.9. The van der Waals surface area contributed by atoms with Crippen molar-refractivity contribution in [1.29, 1.82) is 0 Å². The van der Waals surface area contributed by atoms with Crippen molar-refractivity contribution in [2.45, 2.75) is 69.5 Å². The molecule has 50 heavy (non-hydrogen) atoms. The molecule has 1 N–H and O–H groups in total. The average Bonchev–Trinajstić information content (AvgIpc) is 3.62. The Hall–Kier alpha value is -4.90. The van der Waals surface area contributed by atoms with Gasteiger partial charge in [0.1, 0.15) is 18.4 Å². The number of halogens is 1. The Morgan fingerprint density at radius 3 is 2.14 bits per heavy atom. The lowest BCUT2D eigenvalue weighted by Crippen LogP contribution is -2.54. The van der Waals surface area contributed by atoms with Crippen LogP contribution in [0.3, 0.4) is 0 Å². The van der Waals surface area contributed by atoms with Gasteiger partial charge in [-0.3, -0.25) is 13.9 Å². The van der Waals surface area contributed by atoms with Crippen molar-refractivity contribution < 1.29 is 31.9 Å². The summed E-state index contributed by atoms with van der Waals surface area (Å²) >= 11 is 0. The molecule has 11 heteroatoms. The van der Waals surface area contributed by atoms with E-state index in [-0.39, 0.29) is 46.8 Å².